The second kappa shape index (κ2) is 8.74. The summed E-state index contributed by atoms with van der Waals surface area (Å²) in [6.45, 7) is 10.3. The molecule has 4 nitrogen and oxygen atoms in total. The van der Waals surface area contributed by atoms with Crippen LogP contribution in [0.5, 0.6) is 0 Å². The van der Waals surface area contributed by atoms with Gasteiger partial charge in [0.25, 0.3) is 5.91 Å². The van der Waals surface area contributed by atoms with Crippen LogP contribution in [0.1, 0.15) is 68.8 Å². The van der Waals surface area contributed by atoms with Crippen LogP contribution >= 0.6 is 0 Å². The summed E-state index contributed by atoms with van der Waals surface area (Å²) in [4.78, 5) is 17.5. The molecule has 0 saturated carbocycles. The van der Waals surface area contributed by atoms with Crippen molar-refractivity contribution in [3.63, 3.8) is 0 Å². The van der Waals surface area contributed by atoms with Crippen LogP contribution in [0.25, 0.3) is 0 Å². The first-order valence-corrected chi connectivity index (χ1v) is 10.7. The highest BCUT2D eigenvalue weighted by Gasteiger charge is 2.30. The summed E-state index contributed by atoms with van der Waals surface area (Å²) in [5.41, 5.74) is 1.31. The molecule has 1 aromatic rings. The van der Waals surface area contributed by atoms with Gasteiger partial charge in [0.15, 0.2) is 0 Å². The average Bonchev–Trinajstić information content (AvgIpc) is 3.20. The average molecular weight is 373 g/mol. The minimum atomic E-state index is -0.648. The summed E-state index contributed by atoms with van der Waals surface area (Å²) in [6, 6.07) is 8.60. The number of aryl methyl sites for hydroxylation is 1. The van der Waals surface area contributed by atoms with Crippen molar-refractivity contribution in [3.8, 4) is 0 Å². The smallest absolute Gasteiger partial charge is 0.253 e. The number of hydrogen-bond donors (Lipinski definition) is 1. The minimum absolute atomic E-state index is 0.163. The number of hydrogen-bond acceptors (Lipinski definition) is 3. The highest BCUT2D eigenvalue weighted by Crippen LogP contribution is 2.27. The Labute approximate surface area is 164 Å². The van der Waals surface area contributed by atoms with Crippen LogP contribution in [0.4, 0.5) is 0 Å². The van der Waals surface area contributed by atoms with Gasteiger partial charge in [-0.05, 0) is 96.0 Å². The van der Waals surface area contributed by atoms with E-state index in [0.717, 1.165) is 50.3 Å². The first kappa shape index (κ1) is 20.3. The third-order valence-electron chi connectivity index (χ3n) is 6.45. The summed E-state index contributed by atoms with van der Waals surface area (Å²) >= 11 is 0. The molecule has 1 N–H and O–H groups in total. The molecule has 3 rings (SSSR count). The van der Waals surface area contributed by atoms with Crippen molar-refractivity contribution >= 4 is 5.91 Å². The quantitative estimate of drug-likeness (QED) is 0.827. The molecule has 0 radical (unpaired) electrons. The second-order valence-electron chi connectivity index (χ2n) is 9.12. The lowest BCUT2D eigenvalue weighted by Crippen LogP contribution is -2.45. The molecule has 150 valence electrons. The van der Waals surface area contributed by atoms with E-state index in [2.05, 4.69) is 11.8 Å². The van der Waals surface area contributed by atoms with Crippen LogP contribution in [0.3, 0.4) is 0 Å². The summed E-state index contributed by atoms with van der Waals surface area (Å²) < 4.78 is 0. The van der Waals surface area contributed by atoms with Gasteiger partial charge in [-0.2, -0.15) is 0 Å². The molecule has 2 aliphatic rings. The Bertz CT molecular complexity index is 606. The summed E-state index contributed by atoms with van der Waals surface area (Å²) in [5, 5.41) is 9.86. The maximum atomic E-state index is 12.8. The Morgan fingerprint density at radius 2 is 1.70 bits per heavy atom. The monoisotopic (exact) mass is 372 g/mol. The van der Waals surface area contributed by atoms with Crippen LogP contribution < -0.4 is 0 Å². The number of benzene rings is 1. The van der Waals surface area contributed by atoms with E-state index in [1.807, 2.05) is 43.0 Å². The fraction of sp³-hybridized carbons (Fsp3) is 0.696. The maximum absolute atomic E-state index is 12.8. The topological polar surface area (TPSA) is 43.8 Å². The highest BCUT2D eigenvalue weighted by molar-refractivity contribution is 5.94. The first-order chi connectivity index (χ1) is 12.8. The van der Waals surface area contributed by atoms with Crippen molar-refractivity contribution in [3.05, 3.63) is 35.4 Å². The zero-order valence-electron chi connectivity index (χ0n) is 17.3. The number of likely N-dealkylation sites (tertiary alicyclic amines) is 2. The normalized spacial score (nSPS) is 20.8. The number of amides is 1. The summed E-state index contributed by atoms with van der Waals surface area (Å²) in [6.07, 6.45) is 6.47. The van der Waals surface area contributed by atoms with Gasteiger partial charge in [-0.25, -0.2) is 0 Å². The number of carbonyl (C=O) groups excluding carboxylic acids is 1. The molecule has 0 aliphatic carbocycles. The van der Waals surface area contributed by atoms with Gasteiger partial charge in [0.1, 0.15) is 0 Å². The molecule has 0 aromatic heterocycles. The number of carbonyl (C=O) groups is 1. The number of rotatable bonds is 6. The molecule has 1 unspecified atom stereocenters. The first-order valence-electron chi connectivity index (χ1n) is 10.7. The lowest BCUT2D eigenvalue weighted by molar-refractivity contribution is 0.0623. The van der Waals surface area contributed by atoms with E-state index in [0.29, 0.717) is 6.04 Å². The number of piperidine rings is 1. The zero-order valence-corrected chi connectivity index (χ0v) is 17.3. The van der Waals surface area contributed by atoms with Gasteiger partial charge in [0.05, 0.1) is 5.60 Å². The molecule has 2 fully saturated rings. The Morgan fingerprint density at radius 3 is 2.26 bits per heavy atom. The second-order valence-corrected chi connectivity index (χ2v) is 9.12. The van der Waals surface area contributed by atoms with Gasteiger partial charge in [-0.3, -0.25) is 4.79 Å². The fourth-order valence-corrected chi connectivity index (χ4v) is 4.48. The van der Waals surface area contributed by atoms with Gasteiger partial charge >= 0.3 is 0 Å². The molecule has 1 aromatic carbocycles. The molecule has 0 bridgehead atoms. The van der Waals surface area contributed by atoms with E-state index in [9.17, 15) is 9.90 Å². The van der Waals surface area contributed by atoms with Gasteiger partial charge in [-0.1, -0.05) is 12.1 Å². The van der Waals surface area contributed by atoms with Crippen molar-refractivity contribution in [2.45, 2.75) is 70.9 Å². The molecule has 27 heavy (non-hydrogen) atoms. The predicted molar refractivity (Wildman–Crippen MR) is 110 cm³/mol. The minimum Gasteiger partial charge on any atom is -0.390 e. The summed E-state index contributed by atoms with van der Waals surface area (Å²) in [7, 11) is 0. The van der Waals surface area contributed by atoms with Gasteiger partial charge in [0.2, 0.25) is 0 Å². The lowest BCUT2D eigenvalue weighted by Gasteiger charge is -2.38. The molecule has 1 amide bonds. The number of aliphatic hydroxyl groups is 1. The Morgan fingerprint density at radius 1 is 1.11 bits per heavy atom. The zero-order chi connectivity index (χ0) is 19.4. The molecule has 4 heteroatoms. The third-order valence-corrected chi connectivity index (χ3v) is 6.45. The van der Waals surface area contributed by atoms with Gasteiger partial charge in [0, 0.05) is 24.7 Å². The maximum Gasteiger partial charge on any atom is 0.253 e. The van der Waals surface area contributed by atoms with Crippen LogP contribution in [-0.4, -0.2) is 58.6 Å². The van der Waals surface area contributed by atoms with Crippen LogP contribution in [0.2, 0.25) is 0 Å². The van der Waals surface area contributed by atoms with E-state index in [-0.39, 0.29) is 5.91 Å². The lowest BCUT2D eigenvalue weighted by atomic mass is 9.89. The largest absolute Gasteiger partial charge is 0.390 e. The van der Waals surface area contributed by atoms with Crippen molar-refractivity contribution in [2.24, 2.45) is 5.92 Å². The van der Waals surface area contributed by atoms with Crippen molar-refractivity contribution < 1.29 is 9.90 Å². The van der Waals surface area contributed by atoms with Crippen molar-refractivity contribution in [1.82, 2.24) is 9.80 Å². The fourth-order valence-electron chi connectivity index (χ4n) is 4.48. The molecule has 2 heterocycles. The van der Waals surface area contributed by atoms with Gasteiger partial charge in [-0.15, -0.1) is 0 Å². The third kappa shape index (κ3) is 5.55. The predicted octanol–water partition coefficient (Wildman–Crippen LogP) is 3.73. The van der Waals surface area contributed by atoms with Crippen LogP contribution in [0, 0.1) is 5.92 Å². The molecule has 2 saturated heterocycles. The van der Waals surface area contributed by atoms with Crippen molar-refractivity contribution in [2.75, 3.05) is 26.2 Å². The van der Waals surface area contributed by atoms with E-state index in [1.54, 1.807) is 0 Å². The molecule has 0 spiro atoms. The summed E-state index contributed by atoms with van der Waals surface area (Å²) in [5.74, 6) is 0.882. The van der Waals surface area contributed by atoms with Gasteiger partial charge < -0.3 is 14.9 Å². The Kier molecular flexibility index (Phi) is 6.59. The van der Waals surface area contributed by atoms with E-state index >= 15 is 0 Å². The molecule has 1 atom stereocenters. The Hall–Kier alpha value is -1.39. The van der Waals surface area contributed by atoms with E-state index < -0.39 is 5.60 Å². The standard InChI is InChI=1S/C23H36N2O2/c1-18(24-14-4-5-15-24)20-11-16-25(17-12-20)22(26)21-8-6-19(7-9-21)10-13-23(2,3)27/h6-9,18,20,27H,4-5,10-17H2,1-3H3. The van der Waals surface area contributed by atoms with Crippen molar-refractivity contribution in [1.29, 1.82) is 0 Å². The SMILES string of the molecule is CC(C1CCN(C(=O)c2ccc(CCC(C)(C)O)cc2)CC1)N1CCCC1. The van der Waals surface area contributed by atoms with Crippen LogP contribution in [-0.2, 0) is 6.42 Å². The van der Waals surface area contributed by atoms with E-state index in [1.165, 1.54) is 31.5 Å². The molecule has 2 aliphatic heterocycles. The Balaban J connectivity index is 1.50. The highest BCUT2D eigenvalue weighted by atomic mass is 16.3. The van der Waals surface area contributed by atoms with Crippen LogP contribution in [0.15, 0.2) is 24.3 Å². The number of nitrogens with zero attached hydrogens (tertiary/aromatic N) is 2. The molecular formula is C23H36N2O2. The molecular weight excluding hydrogens is 336 g/mol. The van der Waals surface area contributed by atoms with E-state index in [4.69, 9.17) is 0 Å².